The van der Waals surface area contributed by atoms with Crippen LogP contribution in [0, 0.1) is 10.1 Å². The van der Waals surface area contributed by atoms with Crippen molar-refractivity contribution in [3.05, 3.63) is 118 Å². The summed E-state index contributed by atoms with van der Waals surface area (Å²) in [6.07, 6.45) is 0.133. The van der Waals surface area contributed by atoms with E-state index >= 15 is 0 Å². The first-order valence-electron chi connectivity index (χ1n) is 10.9. The molecular weight excluding hydrogens is 448 g/mol. The molecule has 0 bridgehead atoms. The van der Waals surface area contributed by atoms with Gasteiger partial charge in [0.15, 0.2) is 0 Å². The monoisotopic (exact) mass is 470 g/mol. The maximum Gasteiger partial charge on any atom is 0.326 e. The van der Waals surface area contributed by atoms with Crippen molar-refractivity contribution in [1.82, 2.24) is 5.32 Å². The molecule has 1 atom stereocenters. The number of carbonyl (C=O) groups is 2. The van der Waals surface area contributed by atoms with Crippen LogP contribution in [0.5, 0.6) is 5.75 Å². The van der Waals surface area contributed by atoms with Crippen LogP contribution in [0.15, 0.2) is 91.0 Å². The zero-order valence-corrected chi connectivity index (χ0v) is 18.6. The quantitative estimate of drug-likeness (QED) is 0.269. The summed E-state index contributed by atoms with van der Waals surface area (Å²) in [6.45, 7) is 0.0681. The highest BCUT2D eigenvalue weighted by molar-refractivity contribution is 6.04. The highest BCUT2D eigenvalue weighted by Crippen LogP contribution is 2.31. The van der Waals surface area contributed by atoms with Crippen molar-refractivity contribution >= 4 is 28.3 Å². The van der Waals surface area contributed by atoms with Crippen molar-refractivity contribution in [2.75, 3.05) is 0 Å². The van der Waals surface area contributed by atoms with Crippen molar-refractivity contribution in [2.24, 2.45) is 0 Å². The van der Waals surface area contributed by atoms with Crippen LogP contribution in [-0.4, -0.2) is 27.9 Å². The van der Waals surface area contributed by atoms with Gasteiger partial charge in [-0.2, -0.15) is 0 Å². The zero-order valence-electron chi connectivity index (χ0n) is 18.6. The van der Waals surface area contributed by atoms with Crippen LogP contribution in [0.3, 0.4) is 0 Å². The Morgan fingerprint density at radius 1 is 0.886 bits per heavy atom. The molecule has 0 unspecified atom stereocenters. The van der Waals surface area contributed by atoms with Crippen molar-refractivity contribution in [3.63, 3.8) is 0 Å². The highest BCUT2D eigenvalue weighted by atomic mass is 16.6. The van der Waals surface area contributed by atoms with E-state index in [4.69, 9.17) is 4.74 Å². The van der Waals surface area contributed by atoms with Crippen LogP contribution in [0.2, 0.25) is 0 Å². The number of amides is 1. The molecule has 35 heavy (non-hydrogen) atoms. The maximum atomic E-state index is 13.2. The number of nitro groups is 1. The molecule has 0 fully saturated rings. The number of carboxylic acid groups (broad SMARTS) is 1. The Morgan fingerprint density at radius 3 is 2.26 bits per heavy atom. The minimum absolute atomic E-state index is 0.0305. The normalized spacial score (nSPS) is 11.5. The van der Waals surface area contributed by atoms with E-state index in [-0.39, 0.29) is 24.3 Å². The first-order valence-corrected chi connectivity index (χ1v) is 10.9. The van der Waals surface area contributed by atoms with Gasteiger partial charge >= 0.3 is 5.97 Å². The van der Waals surface area contributed by atoms with Gasteiger partial charge in [-0.25, -0.2) is 4.79 Å². The summed E-state index contributed by atoms with van der Waals surface area (Å²) in [5.74, 6) is -1.41. The van der Waals surface area contributed by atoms with Crippen LogP contribution in [0.25, 0.3) is 10.8 Å². The molecule has 0 radical (unpaired) electrons. The molecule has 8 heteroatoms. The molecule has 8 nitrogen and oxygen atoms in total. The first kappa shape index (κ1) is 23.4. The molecule has 0 spiro atoms. The minimum Gasteiger partial charge on any atom is -0.487 e. The zero-order chi connectivity index (χ0) is 24.8. The lowest BCUT2D eigenvalue weighted by Crippen LogP contribution is -2.42. The van der Waals surface area contributed by atoms with Gasteiger partial charge in [-0.15, -0.1) is 0 Å². The lowest BCUT2D eigenvalue weighted by molar-refractivity contribution is -0.384. The summed E-state index contributed by atoms with van der Waals surface area (Å²) in [7, 11) is 0. The fourth-order valence-electron chi connectivity index (χ4n) is 3.73. The SMILES string of the molecule is O=C(N[C@@H](Cc1ccccc1)C(=O)O)c1ccc2ccccc2c1OCc1ccc([N+](=O)[O-])cc1. The Bertz CT molecular complexity index is 1370. The lowest BCUT2D eigenvalue weighted by Gasteiger charge is -2.18. The van der Waals surface area contributed by atoms with E-state index in [1.54, 1.807) is 36.4 Å². The van der Waals surface area contributed by atoms with Gasteiger partial charge in [0.2, 0.25) is 0 Å². The van der Waals surface area contributed by atoms with Gasteiger partial charge in [0.1, 0.15) is 18.4 Å². The summed E-state index contributed by atoms with van der Waals surface area (Å²) in [5, 5.41) is 24.7. The minimum atomic E-state index is -1.14. The summed E-state index contributed by atoms with van der Waals surface area (Å²) >= 11 is 0. The topological polar surface area (TPSA) is 119 Å². The highest BCUT2D eigenvalue weighted by Gasteiger charge is 2.24. The van der Waals surface area contributed by atoms with E-state index in [0.29, 0.717) is 16.7 Å². The third kappa shape index (κ3) is 5.62. The fraction of sp³-hybridized carbons (Fsp3) is 0.111. The number of carboxylic acids is 1. The number of hydrogen-bond donors (Lipinski definition) is 2. The number of nitrogens with one attached hydrogen (secondary N) is 1. The third-order valence-corrected chi connectivity index (χ3v) is 5.54. The average molecular weight is 470 g/mol. The number of nitro benzene ring substituents is 1. The van der Waals surface area contributed by atoms with Crippen LogP contribution >= 0.6 is 0 Å². The maximum absolute atomic E-state index is 13.2. The van der Waals surface area contributed by atoms with E-state index in [1.807, 2.05) is 42.5 Å². The molecule has 4 aromatic carbocycles. The molecular formula is C27H22N2O6. The van der Waals surface area contributed by atoms with Crippen molar-refractivity contribution < 1.29 is 24.4 Å². The summed E-state index contributed by atoms with van der Waals surface area (Å²) < 4.78 is 6.04. The summed E-state index contributed by atoms with van der Waals surface area (Å²) in [4.78, 5) is 35.5. The smallest absolute Gasteiger partial charge is 0.326 e. The van der Waals surface area contributed by atoms with Crippen molar-refractivity contribution in [1.29, 1.82) is 0 Å². The second-order valence-electron chi connectivity index (χ2n) is 7.93. The van der Waals surface area contributed by atoms with Gasteiger partial charge < -0.3 is 15.2 Å². The number of benzene rings is 4. The molecule has 4 rings (SSSR count). The van der Waals surface area contributed by atoms with Crippen LogP contribution in [-0.2, 0) is 17.8 Å². The third-order valence-electron chi connectivity index (χ3n) is 5.54. The molecule has 0 saturated heterocycles. The molecule has 2 N–H and O–H groups in total. The number of nitrogens with zero attached hydrogens (tertiary/aromatic N) is 1. The van der Waals surface area contributed by atoms with E-state index in [2.05, 4.69) is 5.32 Å². The largest absolute Gasteiger partial charge is 0.487 e. The molecule has 0 aliphatic carbocycles. The standard InChI is InChI=1S/C27H22N2O6/c30-26(28-24(27(31)32)16-18-6-2-1-3-7-18)23-15-12-20-8-4-5-9-22(20)25(23)35-17-19-10-13-21(14-11-19)29(33)34/h1-15,24H,16-17H2,(H,28,30)(H,31,32)/t24-/m0/s1. The Balaban J connectivity index is 1.61. The molecule has 0 aromatic heterocycles. The number of aliphatic carboxylic acids is 1. The Morgan fingerprint density at radius 2 is 1.57 bits per heavy atom. The Labute approximate surface area is 200 Å². The number of carbonyl (C=O) groups excluding carboxylic acids is 1. The Kier molecular flexibility index (Phi) is 7.02. The van der Waals surface area contributed by atoms with Gasteiger partial charge in [-0.3, -0.25) is 14.9 Å². The molecule has 0 aliphatic heterocycles. The number of ether oxygens (including phenoxy) is 1. The second kappa shape index (κ2) is 10.5. The predicted molar refractivity (Wildman–Crippen MR) is 130 cm³/mol. The van der Waals surface area contributed by atoms with Gasteiger partial charge in [-0.1, -0.05) is 60.7 Å². The predicted octanol–water partition coefficient (Wildman–Crippen LogP) is 4.75. The number of rotatable bonds is 9. The molecule has 4 aromatic rings. The van der Waals surface area contributed by atoms with Gasteiger partial charge in [0, 0.05) is 23.9 Å². The Hall–Kier alpha value is -4.72. The fourth-order valence-corrected chi connectivity index (χ4v) is 3.73. The van der Waals surface area contributed by atoms with Crippen molar-refractivity contribution in [3.8, 4) is 5.75 Å². The van der Waals surface area contributed by atoms with Crippen molar-refractivity contribution in [2.45, 2.75) is 19.1 Å². The van der Waals surface area contributed by atoms with Gasteiger partial charge in [-0.05, 0) is 34.7 Å². The molecule has 0 aliphatic rings. The van der Waals surface area contributed by atoms with Crippen LogP contribution < -0.4 is 10.1 Å². The van der Waals surface area contributed by atoms with Gasteiger partial charge in [0.05, 0.1) is 10.5 Å². The molecule has 176 valence electrons. The number of non-ortho nitro benzene ring substituents is 1. The van der Waals surface area contributed by atoms with E-state index < -0.39 is 22.8 Å². The van der Waals surface area contributed by atoms with Crippen LogP contribution in [0.1, 0.15) is 21.5 Å². The summed E-state index contributed by atoms with van der Waals surface area (Å²) in [6, 6.07) is 24.6. The lowest BCUT2D eigenvalue weighted by atomic mass is 10.0. The van der Waals surface area contributed by atoms with Crippen LogP contribution in [0.4, 0.5) is 5.69 Å². The summed E-state index contributed by atoms with van der Waals surface area (Å²) in [5.41, 5.74) is 1.64. The van der Waals surface area contributed by atoms with Gasteiger partial charge in [0.25, 0.3) is 11.6 Å². The molecule has 0 saturated carbocycles. The number of hydrogen-bond acceptors (Lipinski definition) is 5. The second-order valence-corrected chi connectivity index (χ2v) is 7.93. The number of fused-ring (bicyclic) bond motifs is 1. The first-order chi connectivity index (χ1) is 16.9. The van der Waals surface area contributed by atoms with E-state index in [9.17, 15) is 24.8 Å². The average Bonchev–Trinajstić information content (AvgIpc) is 2.87. The van der Waals surface area contributed by atoms with E-state index in [1.165, 1.54) is 12.1 Å². The molecule has 0 heterocycles. The molecule has 1 amide bonds. The van der Waals surface area contributed by atoms with E-state index in [0.717, 1.165) is 10.9 Å².